The Hall–Kier alpha value is -2.66. The molecule has 144 valence electrons. The number of nitrogens with one attached hydrogen (secondary N) is 2. The van der Waals surface area contributed by atoms with E-state index in [1.165, 1.54) is 17.0 Å². The van der Waals surface area contributed by atoms with Gasteiger partial charge in [-0.3, -0.25) is 9.69 Å². The molecule has 1 aromatic heterocycles. The number of aromatic amines is 1. The number of halogens is 1. The van der Waals surface area contributed by atoms with Crippen molar-refractivity contribution in [1.82, 2.24) is 15.2 Å². The number of nitrogens with zero attached hydrogens (tertiary/aromatic N) is 1. The van der Waals surface area contributed by atoms with Gasteiger partial charge < -0.3 is 10.3 Å². The molecule has 2 aliphatic heterocycles. The van der Waals surface area contributed by atoms with Crippen molar-refractivity contribution in [3.8, 4) is 0 Å². The van der Waals surface area contributed by atoms with Gasteiger partial charge in [0.2, 0.25) is 5.91 Å². The Kier molecular flexibility index (Phi) is 4.20. The highest BCUT2D eigenvalue weighted by Gasteiger charge is 2.50. The van der Waals surface area contributed by atoms with Gasteiger partial charge in [-0.25, -0.2) is 4.39 Å². The molecule has 3 heterocycles. The van der Waals surface area contributed by atoms with Crippen LogP contribution in [0.5, 0.6) is 0 Å². The second-order valence-electron chi connectivity index (χ2n) is 8.16. The third-order valence-corrected chi connectivity index (χ3v) is 6.38. The SMILES string of the molecule is O=C1CCC[C@]2(CN(Cc3c[nH]c4ccccc34)C[C@H]2c2ccccc2F)N1. The highest BCUT2D eigenvalue weighted by atomic mass is 19.1. The first-order valence-electron chi connectivity index (χ1n) is 9.97. The van der Waals surface area contributed by atoms with Crippen molar-refractivity contribution in [2.45, 2.75) is 37.3 Å². The van der Waals surface area contributed by atoms with Crippen molar-refractivity contribution in [1.29, 1.82) is 0 Å². The normalized spacial score (nSPS) is 25.5. The molecule has 0 aliphatic carbocycles. The van der Waals surface area contributed by atoms with Crippen LogP contribution in [0.1, 0.15) is 36.3 Å². The van der Waals surface area contributed by atoms with Crippen LogP contribution in [0.15, 0.2) is 54.7 Å². The van der Waals surface area contributed by atoms with E-state index in [1.54, 1.807) is 6.07 Å². The molecule has 0 bridgehead atoms. The molecule has 2 saturated heterocycles. The molecule has 2 aromatic carbocycles. The minimum absolute atomic E-state index is 0.0387. The van der Waals surface area contributed by atoms with Gasteiger partial charge in [-0.05, 0) is 36.1 Å². The Bertz CT molecular complexity index is 1030. The maximum atomic E-state index is 14.7. The number of aromatic nitrogens is 1. The lowest BCUT2D eigenvalue weighted by Crippen LogP contribution is -2.56. The molecule has 1 spiro atoms. The number of benzene rings is 2. The van der Waals surface area contributed by atoms with Crippen LogP contribution in [0.25, 0.3) is 10.9 Å². The van der Waals surface area contributed by atoms with Crippen molar-refractivity contribution in [3.05, 3.63) is 71.7 Å². The molecule has 2 fully saturated rings. The number of piperidine rings is 1. The number of carbonyl (C=O) groups is 1. The summed E-state index contributed by atoms with van der Waals surface area (Å²) >= 11 is 0. The molecular weight excluding hydrogens is 353 g/mol. The van der Waals surface area contributed by atoms with E-state index in [-0.39, 0.29) is 23.2 Å². The van der Waals surface area contributed by atoms with E-state index in [9.17, 15) is 9.18 Å². The Morgan fingerprint density at radius 1 is 1.14 bits per heavy atom. The van der Waals surface area contributed by atoms with E-state index in [1.807, 2.05) is 18.2 Å². The minimum atomic E-state index is -0.385. The van der Waals surface area contributed by atoms with Crippen LogP contribution in [0.2, 0.25) is 0 Å². The monoisotopic (exact) mass is 377 g/mol. The molecule has 28 heavy (non-hydrogen) atoms. The quantitative estimate of drug-likeness (QED) is 0.726. The number of para-hydroxylation sites is 1. The van der Waals surface area contributed by atoms with Crippen molar-refractivity contribution < 1.29 is 9.18 Å². The summed E-state index contributed by atoms with van der Waals surface area (Å²) in [5.41, 5.74) is 2.69. The van der Waals surface area contributed by atoms with Crippen LogP contribution in [0.4, 0.5) is 4.39 Å². The van der Waals surface area contributed by atoms with Crippen LogP contribution in [0, 0.1) is 5.82 Å². The largest absolute Gasteiger partial charge is 0.361 e. The van der Waals surface area contributed by atoms with Gasteiger partial charge in [0, 0.05) is 49.1 Å². The summed E-state index contributed by atoms with van der Waals surface area (Å²) in [5.74, 6) is -0.134. The minimum Gasteiger partial charge on any atom is -0.361 e. The third kappa shape index (κ3) is 2.90. The second-order valence-corrected chi connectivity index (χ2v) is 8.16. The maximum absolute atomic E-state index is 14.7. The van der Waals surface area contributed by atoms with Crippen molar-refractivity contribution in [2.75, 3.05) is 13.1 Å². The molecular formula is C23H24FN3O. The Labute approximate surface area is 163 Å². The fourth-order valence-electron chi connectivity index (χ4n) is 5.13. The molecule has 0 radical (unpaired) electrons. The molecule has 4 nitrogen and oxygen atoms in total. The lowest BCUT2D eigenvalue weighted by molar-refractivity contribution is -0.125. The molecule has 2 aliphatic rings. The molecule has 0 unspecified atom stereocenters. The molecule has 5 rings (SSSR count). The zero-order valence-electron chi connectivity index (χ0n) is 15.7. The maximum Gasteiger partial charge on any atom is 0.220 e. The average molecular weight is 377 g/mol. The lowest BCUT2D eigenvalue weighted by atomic mass is 9.76. The summed E-state index contributed by atoms with van der Waals surface area (Å²) in [4.78, 5) is 18.0. The third-order valence-electron chi connectivity index (χ3n) is 6.38. The zero-order chi connectivity index (χ0) is 19.1. The van der Waals surface area contributed by atoms with E-state index < -0.39 is 0 Å². The predicted octanol–water partition coefficient (Wildman–Crippen LogP) is 3.95. The summed E-state index contributed by atoms with van der Waals surface area (Å²) in [6.07, 6.45) is 4.38. The fraction of sp³-hybridized carbons (Fsp3) is 0.348. The van der Waals surface area contributed by atoms with E-state index in [2.05, 4.69) is 39.6 Å². The number of amides is 1. The number of fused-ring (bicyclic) bond motifs is 1. The van der Waals surface area contributed by atoms with Crippen molar-refractivity contribution >= 4 is 16.8 Å². The summed E-state index contributed by atoms with van der Waals surface area (Å²) < 4.78 is 14.7. The van der Waals surface area contributed by atoms with Gasteiger partial charge in [0.25, 0.3) is 0 Å². The lowest BCUT2D eigenvalue weighted by Gasteiger charge is -2.39. The molecule has 3 aromatic rings. The van der Waals surface area contributed by atoms with Gasteiger partial charge in [-0.1, -0.05) is 36.4 Å². The topological polar surface area (TPSA) is 48.1 Å². The van der Waals surface area contributed by atoms with E-state index >= 15 is 0 Å². The van der Waals surface area contributed by atoms with Crippen LogP contribution in [-0.4, -0.2) is 34.4 Å². The van der Waals surface area contributed by atoms with Crippen LogP contribution in [0.3, 0.4) is 0 Å². The predicted molar refractivity (Wildman–Crippen MR) is 107 cm³/mol. The summed E-state index contributed by atoms with van der Waals surface area (Å²) in [7, 11) is 0. The molecule has 1 amide bonds. The highest BCUT2D eigenvalue weighted by Crippen LogP contribution is 2.42. The number of rotatable bonds is 3. The van der Waals surface area contributed by atoms with Gasteiger partial charge in [-0.2, -0.15) is 0 Å². The van der Waals surface area contributed by atoms with E-state index in [0.29, 0.717) is 12.0 Å². The summed E-state index contributed by atoms with van der Waals surface area (Å²) in [6.45, 7) is 2.27. The number of hydrogen-bond acceptors (Lipinski definition) is 2. The summed E-state index contributed by atoms with van der Waals surface area (Å²) in [5, 5.41) is 4.48. The van der Waals surface area contributed by atoms with E-state index in [4.69, 9.17) is 0 Å². The number of likely N-dealkylation sites (tertiary alicyclic amines) is 1. The van der Waals surface area contributed by atoms with E-state index in [0.717, 1.165) is 38.0 Å². The van der Waals surface area contributed by atoms with Crippen molar-refractivity contribution in [2.24, 2.45) is 0 Å². The fourth-order valence-corrected chi connectivity index (χ4v) is 5.13. The van der Waals surface area contributed by atoms with Crippen LogP contribution < -0.4 is 5.32 Å². The Balaban J connectivity index is 1.48. The number of H-pyrrole nitrogens is 1. The standard InChI is InChI=1S/C23H24FN3O/c24-20-8-3-1-7-18(20)19-14-27(15-23(19)11-5-10-22(28)26-23)13-16-12-25-21-9-4-2-6-17(16)21/h1-4,6-9,12,19,25H,5,10-11,13-15H2,(H,26,28)/t19-,23+/m0/s1. The summed E-state index contributed by atoms with van der Waals surface area (Å²) in [6, 6.07) is 15.3. The van der Waals surface area contributed by atoms with Crippen LogP contribution in [-0.2, 0) is 11.3 Å². The second kappa shape index (κ2) is 6.74. The van der Waals surface area contributed by atoms with Gasteiger partial charge in [-0.15, -0.1) is 0 Å². The van der Waals surface area contributed by atoms with Gasteiger partial charge >= 0.3 is 0 Å². The highest BCUT2D eigenvalue weighted by molar-refractivity contribution is 5.83. The number of hydrogen-bond donors (Lipinski definition) is 2. The van der Waals surface area contributed by atoms with Gasteiger partial charge in [0.15, 0.2) is 0 Å². The first kappa shape index (κ1) is 17.4. The zero-order valence-corrected chi connectivity index (χ0v) is 15.7. The molecule has 5 heteroatoms. The average Bonchev–Trinajstić information content (AvgIpc) is 3.24. The first-order valence-corrected chi connectivity index (χ1v) is 9.97. The smallest absolute Gasteiger partial charge is 0.220 e. The van der Waals surface area contributed by atoms with Gasteiger partial charge in [0.05, 0.1) is 5.54 Å². The Morgan fingerprint density at radius 2 is 1.96 bits per heavy atom. The van der Waals surface area contributed by atoms with Crippen molar-refractivity contribution in [3.63, 3.8) is 0 Å². The van der Waals surface area contributed by atoms with Crippen LogP contribution >= 0.6 is 0 Å². The molecule has 0 saturated carbocycles. The Morgan fingerprint density at radius 3 is 2.82 bits per heavy atom. The molecule has 2 atom stereocenters. The number of carbonyl (C=O) groups excluding carboxylic acids is 1. The molecule has 2 N–H and O–H groups in total. The first-order chi connectivity index (χ1) is 13.6. The van der Waals surface area contributed by atoms with Gasteiger partial charge in [0.1, 0.15) is 5.82 Å².